The number of halogens is 1. The second-order valence-corrected chi connectivity index (χ2v) is 6.49. The zero-order valence-electron chi connectivity index (χ0n) is 13.5. The molecular weight excluding hydrogens is 330 g/mol. The predicted molar refractivity (Wildman–Crippen MR) is 91.0 cm³/mol. The van der Waals surface area contributed by atoms with E-state index in [1.807, 2.05) is 13.0 Å². The Balaban J connectivity index is 2.58. The molecule has 0 saturated heterocycles. The quantitative estimate of drug-likeness (QED) is 0.693. The van der Waals surface area contributed by atoms with Gasteiger partial charge in [-0.15, -0.1) is 0 Å². The molecule has 1 N–H and O–H groups in total. The van der Waals surface area contributed by atoms with Gasteiger partial charge in [-0.1, -0.05) is 49.5 Å². The Labute approximate surface area is 136 Å². The molecule has 0 aliphatic rings. The van der Waals surface area contributed by atoms with Gasteiger partial charge in [-0.25, -0.2) is 0 Å². The maximum Gasteiger partial charge on any atom is 0.257 e. The van der Waals surface area contributed by atoms with Crippen LogP contribution < -0.4 is 10.1 Å². The fraction of sp³-hybridized carbons (Fsp3) is 0.588. The van der Waals surface area contributed by atoms with Gasteiger partial charge in [-0.05, 0) is 42.5 Å². The molecule has 118 valence electrons. The Morgan fingerprint density at radius 2 is 2.05 bits per heavy atom. The van der Waals surface area contributed by atoms with Gasteiger partial charge in [0.1, 0.15) is 5.75 Å². The third kappa shape index (κ3) is 6.08. The summed E-state index contributed by atoms with van der Waals surface area (Å²) in [4.78, 5) is 11.8. The van der Waals surface area contributed by atoms with Gasteiger partial charge in [0.2, 0.25) is 0 Å². The first-order valence-electron chi connectivity index (χ1n) is 7.65. The van der Waals surface area contributed by atoms with Crippen molar-refractivity contribution in [2.75, 3.05) is 13.2 Å². The number of aryl methyl sites for hydroxylation is 1. The number of hydrogen-bond donors (Lipinski definition) is 1. The molecule has 0 aliphatic heterocycles. The van der Waals surface area contributed by atoms with Crippen LogP contribution in [0, 0.1) is 6.92 Å². The van der Waals surface area contributed by atoms with Crippen LogP contribution in [0.2, 0.25) is 0 Å². The highest BCUT2D eigenvalue weighted by Crippen LogP contribution is 2.32. The number of amides is 1. The van der Waals surface area contributed by atoms with Crippen LogP contribution in [-0.4, -0.2) is 19.1 Å². The maximum absolute atomic E-state index is 11.8. The molecule has 1 amide bonds. The van der Waals surface area contributed by atoms with E-state index in [0.29, 0.717) is 5.92 Å². The molecule has 0 radical (unpaired) electrons. The van der Waals surface area contributed by atoms with Gasteiger partial charge in [0.15, 0.2) is 6.61 Å². The number of nitrogens with one attached hydrogen (secondary N) is 1. The Kier molecular flexibility index (Phi) is 7.79. The van der Waals surface area contributed by atoms with Crippen LogP contribution in [0.4, 0.5) is 0 Å². The average Bonchev–Trinajstić information content (AvgIpc) is 2.44. The van der Waals surface area contributed by atoms with Crippen LogP contribution in [0.1, 0.15) is 57.1 Å². The number of carbonyl (C=O) groups is 1. The minimum Gasteiger partial charge on any atom is -0.483 e. The largest absolute Gasteiger partial charge is 0.483 e. The van der Waals surface area contributed by atoms with Crippen molar-refractivity contribution in [1.82, 2.24) is 5.32 Å². The summed E-state index contributed by atoms with van der Waals surface area (Å²) in [7, 11) is 0. The lowest BCUT2D eigenvalue weighted by atomic mass is 10.0. The summed E-state index contributed by atoms with van der Waals surface area (Å²) < 4.78 is 6.79. The fourth-order valence-corrected chi connectivity index (χ4v) is 2.40. The summed E-state index contributed by atoms with van der Waals surface area (Å²) >= 11 is 3.54. The molecule has 4 heteroatoms. The highest BCUT2D eigenvalue weighted by molar-refractivity contribution is 9.10. The Morgan fingerprint density at radius 3 is 2.67 bits per heavy atom. The predicted octanol–water partition coefficient (Wildman–Crippen LogP) is 4.57. The molecular formula is C17H26BrNO2. The number of hydrogen-bond acceptors (Lipinski definition) is 2. The summed E-state index contributed by atoms with van der Waals surface area (Å²) in [6.45, 7) is 9.21. The third-order valence-electron chi connectivity index (χ3n) is 3.37. The fourth-order valence-electron chi connectivity index (χ4n) is 2.04. The number of unbranched alkanes of at least 4 members (excludes halogenated alkanes) is 2. The Hall–Kier alpha value is -1.03. The first kappa shape index (κ1) is 18.0. The molecule has 21 heavy (non-hydrogen) atoms. The van der Waals surface area contributed by atoms with Crippen molar-refractivity contribution in [1.29, 1.82) is 0 Å². The molecule has 0 aromatic heterocycles. The first-order chi connectivity index (χ1) is 9.95. The molecule has 1 aromatic rings. The lowest BCUT2D eigenvalue weighted by Crippen LogP contribution is -2.29. The van der Waals surface area contributed by atoms with Crippen LogP contribution in [0.15, 0.2) is 16.6 Å². The van der Waals surface area contributed by atoms with E-state index in [1.165, 1.54) is 0 Å². The molecule has 1 rings (SSSR count). The van der Waals surface area contributed by atoms with Crippen LogP contribution in [0.3, 0.4) is 0 Å². The van der Waals surface area contributed by atoms with Crippen molar-refractivity contribution < 1.29 is 9.53 Å². The number of rotatable bonds is 8. The van der Waals surface area contributed by atoms with E-state index in [1.54, 1.807) is 0 Å². The number of ether oxygens (including phenoxy) is 1. The standard InChI is InChI=1S/C17H26BrNO2/c1-5-6-7-8-19-17(20)11-21-16-9-13(4)15(18)10-14(16)12(2)3/h9-10,12H,5-8,11H2,1-4H3,(H,19,20). The highest BCUT2D eigenvalue weighted by atomic mass is 79.9. The lowest BCUT2D eigenvalue weighted by molar-refractivity contribution is -0.123. The van der Waals surface area contributed by atoms with Crippen molar-refractivity contribution in [2.24, 2.45) is 0 Å². The highest BCUT2D eigenvalue weighted by Gasteiger charge is 2.12. The van der Waals surface area contributed by atoms with Crippen molar-refractivity contribution >= 4 is 21.8 Å². The zero-order valence-corrected chi connectivity index (χ0v) is 15.0. The summed E-state index contributed by atoms with van der Waals surface area (Å²) in [6, 6.07) is 4.07. The monoisotopic (exact) mass is 355 g/mol. The van der Waals surface area contributed by atoms with E-state index in [-0.39, 0.29) is 12.5 Å². The van der Waals surface area contributed by atoms with Crippen molar-refractivity contribution in [3.8, 4) is 5.75 Å². The van der Waals surface area contributed by atoms with Crippen molar-refractivity contribution in [3.63, 3.8) is 0 Å². The van der Waals surface area contributed by atoms with E-state index in [2.05, 4.69) is 48.1 Å². The van der Waals surface area contributed by atoms with Gasteiger partial charge in [0, 0.05) is 11.0 Å². The Morgan fingerprint density at radius 1 is 1.33 bits per heavy atom. The molecule has 0 spiro atoms. The molecule has 0 fully saturated rings. The second-order valence-electron chi connectivity index (χ2n) is 5.64. The molecule has 0 heterocycles. The van der Waals surface area contributed by atoms with Crippen LogP contribution in [-0.2, 0) is 4.79 Å². The summed E-state index contributed by atoms with van der Waals surface area (Å²) in [5, 5.41) is 2.89. The van der Waals surface area contributed by atoms with E-state index in [9.17, 15) is 4.79 Å². The summed E-state index contributed by atoms with van der Waals surface area (Å²) in [5.74, 6) is 1.10. The van der Waals surface area contributed by atoms with E-state index < -0.39 is 0 Å². The number of carbonyl (C=O) groups excluding carboxylic acids is 1. The molecule has 0 atom stereocenters. The van der Waals surface area contributed by atoms with E-state index >= 15 is 0 Å². The van der Waals surface area contributed by atoms with Gasteiger partial charge in [0.05, 0.1) is 0 Å². The van der Waals surface area contributed by atoms with Crippen LogP contribution >= 0.6 is 15.9 Å². The maximum atomic E-state index is 11.8. The van der Waals surface area contributed by atoms with Crippen molar-refractivity contribution in [2.45, 2.75) is 52.9 Å². The number of benzene rings is 1. The normalized spacial score (nSPS) is 10.8. The second kappa shape index (κ2) is 9.08. The van der Waals surface area contributed by atoms with Gasteiger partial charge in [0.25, 0.3) is 5.91 Å². The van der Waals surface area contributed by atoms with Crippen LogP contribution in [0.5, 0.6) is 5.75 Å². The molecule has 0 aliphatic carbocycles. The zero-order chi connectivity index (χ0) is 15.8. The molecule has 0 saturated carbocycles. The van der Waals surface area contributed by atoms with E-state index in [4.69, 9.17) is 4.74 Å². The summed E-state index contributed by atoms with van der Waals surface area (Å²) in [6.07, 6.45) is 3.32. The molecule has 3 nitrogen and oxygen atoms in total. The van der Waals surface area contributed by atoms with E-state index in [0.717, 1.165) is 47.2 Å². The molecule has 1 aromatic carbocycles. The van der Waals surface area contributed by atoms with Crippen molar-refractivity contribution in [3.05, 3.63) is 27.7 Å². The van der Waals surface area contributed by atoms with Gasteiger partial charge in [-0.3, -0.25) is 4.79 Å². The SMILES string of the molecule is CCCCCNC(=O)COc1cc(C)c(Br)cc1C(C)C. The third-order valence-corrected chi connectivity index (χ3v) is 4.23. The minimum absolute atomic E-state index is 0.0543. The molecule has 0 unspecified atom stereocenters. The van der Waals surface area contributed by atoms with Gasteiger partial charge >= 0.3 is 0 Å². The van der Waals surface area contributed by atoms with Gasteiger partial charge < -0.3 is 10.1 Å². The average molecular weight is 356 g/mol. The minimum atomic E-state index is -0.0543. The Bertz CT molecular complexity index is 472. The molecule has 0 bridgehead atoms. The van der Waals surface area contributed by atoms with Crippen LogP contribution in [0.25, 0.3) is 0 Å². The smallest absolute Gasteiger partial charge is 0.257 e. The van der Waals surface area contributed by atoms with Gasteiger partial charge in [-0.2, -0.15) is 0 Å². The lowest BCUT2D eigenvalue weighted by Gasteiger charge is -2.16. The topological polar surface area (TPSA) is 38.3 Å². The summed E-state index contributed by atoms with van der Waals surface area (Å²) in [5.41, 5.74) is 2.23. The first-order valence-corrected chi connectivity index (χ1v) is 8.44.